The van der Waals surface area contributed by atoms with E-state index in [9.17, 15) is 0 Å². The molecule has 0 aliphatic heterocycles. The van der Waals surface area contributed by atoms with Crippen LogP contribution in [0.2, 0.25) is 0 Å². The summed E-state index contributed by atoms with van der Waals surface area (Å²) in [7, 11) is 0. The van der Waals surface area contributed by atoms with Crippen molar-refractivity contribution in [3.05, 3.63) is 22.3 Å². The third-order valence-corrected chi connectivity index (χ3v) is 4.83. The minimum Gasteiger partial charge on any atom is -0.315 e. The first kappa shape index (κ1) is 16.5. The summed E-state index contributed by atoms with van der Waals surface area (Å²) in [5, 5.41) is 7.28. The zero-order valence-electron chi connectivity index (χ0n) is 13.7. The van der Waals surface area contributed by atoms with E-state index in [-0.39, 0.29) is 5.41 Å². The molecule has 2 N–H and O–H groups in total. The second kappa shape index (κ2) is 7.25. The molecule has 0 spiro atoms. The molecule has 1 rings (SSSR count). The van der Waals surface area contributed by atoms with Crippen LogP contribution in [0.25, 0.3) is 0 Å². The summed E-state index contributed by atoms with van der Waals surface area (Å²) in [6, 6.07) is 0. The zero-order chi connectivity index (χ0) is 14.5. The molecule has 2 heteroatoms. The van der Waals surface area contributed by atoms with E-state index in [0.717, 1.165) is 26.2 Å². The lowest BCUT2D eigenvalue weighted by Gasteiger charge is -2.34. The van der Waals surface area contributed by atoms with E-state index in [1.807, 2.05) is 0 Å². The van der Waals surface area contributed by atoms with Crippen LogP contribution in [0.1, 0.15) is 54.4 Å². The van der Waals surface area contributed by atoms with Crippen molar-refractivity contribution in [3.63, 3.8) is 0 Å². The Bertz CT molecular complexity index is 327. The van der Waals surface area contributed by atoms with Crippen molar-refractivity contribution in [2.24, 2.45) is 5.41 Å². The molecule has 1 aliphatic carbocycles. The lowest BCUT2D eigenvalue weighted by Crippen LogP contribution is -2.43. The molecule has 0 fully saturated rings. The Morgan fingerprint density at radius 2 is 1.11 bits per heavy atom. The van der Waals surface area contributed by atoms with Gasteiger partial charge in [0.1, 0.15) is 0 Å². The van der Waals surface area contributed by atoms with Gasteiger partial charge in [0.25, 0.3) is 0 Å². The molecule has 110 valence electrons. The van der Waals surface area contributed by atoms with Crippen molar-refractivity contribution in [1.82, 2.24) is 10.6 Å². The molecular formula is C17H32N2. The first-order valence-corrected chi connectivity index (χ1v) is 7.79. The van der Waals surface area contributed by atoms with E-state index in [2.05, 4.69) is 52.2 Å². The van der Waals surface area contributed by atoms with Gasteiger partial charge in [0.05, 0.1) is 0 Å². The first-order valence-electron chi connectivity index (χ1n) is 7.79. The molecule has 1 aliphatic rings. The third kappa shape index (κ3) is 3.29. The van der Waals surface area contributed by atoms with Crippen molar-refractivity contribution in [2.45, 2.75) is 54.4 Å². The predicted octanol–water partition coefficient (Wildman–Crippen LogP) is 3.66. The average Bonchev–Trinajstić information content (AvgIpc) is 2.56. The van der Waals surface area contributed by atoms with Crippen LogP contribution >= 0.6 is 0 Å². The fourth-order valence-corrected chi connectivity index (χ4v) is 3.11. The molecule has 0 saturated carbocycles. The lowest BCUT2D eigenvalue weighted by molar-refractivity contribution is 0.374. The highest BCUT2D eigenvalue weighted by atomic mass is 14.9. The van der Waals surface area contributed by atoms with Crippen molar-refractivity contribution in [1.29, 1.82) is 0 Å². The van der Waals surface area contributed by atoms with Crippen molar-refractivity contribution in [2.75, 3.05) is 26.2 Å². The Balaban J connectivity index is 2.92. The fraction of sp³-hybridized carbons (Fsp3) is 0.765. The number of hydrogen-bond donors (Lipinski definition) is 2. The topological polar surface area (TPSA) is 24.1 Å². The van der Waals surface area contributed by atoms with Crippen LogP contribution in [0, 0.1) is 5.41 Å². The van der Waals surface area contributed by atoms with Gasteiger partial charge in [-0.05, 0) is 64.8 Å². The molecule has 0 atom stereocenters. The number of rotatable bonds is 8. The molecule has 0 bridgehead atoms. The third-order valence-electron chi connectivity index (χ3n) is 4.83. The van der Waals surface area contributed by atoms with Crippen LogP contribution in [0.4, 0.5) is 0 Å². The van der Waals surface area contributed by atoms with Crippen LogP contribution in [0.3, 0.4) is 0 Å². The summed E-state index contributed by atoms with van der Waals surface area (Å²) in [5.74, 6) is 0. The normalized spacial score (nSPS) is 18.6. The summed E-state index contributed by atoms with van der Waals surface area (Å²) in [4.78, 5) is 0. The van der Waals surface area contributed by atoms with Crippen molar-refractivity contribution in [3.8, 4) is 0 Å². The summed E-state index contributed by atoms with van der Waals surface area (Å²) in [6.07, 6.45) is 2.39. The highest BCUT2D eigenvalue weighted by Gasteiger charge is 2.39. The number of nitrogens with one attached hydrogen (secondary N) is 2. The van der Waals surface area contributed by atoms with E-state index >= 15 is 0 Å². The largest absolute Gasteiger partial charge is 0.315 e. The van der Waals surface area contributed by atoms with Gasteiger partial charge in [-0.2, -0.15) is 0 Å². The monoisotopic (exact) mass is 264 g/mol. The van der Waals surface area contributed by atoms with Gasteiger partial charge in [-0.25, -0.2) is 0 Å². The molecule has 0 aromatic heterocycles. The van der Waals surface area contributed by atoms with E-state index < -0.39 is 0 Å². The smallest absolute Gasteiger partial charge is 0.0376 e. The van der Waals surface area contributed by atoms with Crippen LogP contribution in [-0.2, 0) is 0 Å². The first-order chi connectivity index (χ1) is 9.01. The minimum atomic E-state index is 0.193. The van der Waals surface area contributed by atoms with Gasteiger partial charge in [-0.1, -0.05) is 25.0 Å². The van der Waals surface area contributed by atoms with Gasteiger partial charge in [0.15, 0.2) is 0 Å². The van der Waals surface area contributed by atoms with Gasteiger partial charge < -0.3 is 10.6 Å². The minimum absolute atomic E-state index is 0.193. The second-order valence-electron chi connectivity index (χ2n) is 5.94. The van der Waals surface area contributed by atoms with Crippen LogP contribution < -0.4 is 10.6 Å². The summed E-state index contributed by atoms with van der Waals surface area (Å²) in [5.41, 5.74) is 6.28. The Kier molecular flexibility index (Phi) is 6.28. The van der Waals surface area contributed by atoms with Crippen molar-refractivity contribution < 1.29 is 0 Å². The Hall–Kier alpha value is -0.600. The van der Waals surface area contributed by atoms with E-state index in [0.29, 0.717) is 0 Å². The van der Waals surface area contributed by atoms with Crippen LogP contribution in [-0.4, -0.2) is 26.2 Å². The number of allylic oxidation sites excluding steroid dienone is 2. The Labute approximate surface area is 119 Å². The Morgan fingerprint density at radius 1 is 0.737 bits per heavy atom. The Morgan fingerprint density at radius 3 is 1.42 bits per heavy atom. The van der Waals surface area contributed by atoms with E-state index in [4.69, 9.17) is 0 Å². The van der Waals surface area contributed by atoms with E-state index in [1.54, 1.807) is 11.1 Å². The maximum absolute atomic E-state index is 3.64. The maximum atomic E-state index is 3.64. The molecule has 0 saturated heterocycles. The van der Waals surface area contributed by atoms with E-state index in [1.165, 1.54) is 24.0 Å². The number of hydrogen-bond acceptors (Lipinski definition) is 2. The van der Waals surface area contributed by atoms with Gasteiger partial charge in [-0.15, -0.1) is 0 Å². The molecule has 0 aromatic rings. The van der Waals surface area contributed by atoms with Gasteiger partial charge in [0, 0.05) is 18.5 Å². The fourth-order valence-electron chi connectivity index (χ4n) is 3.11. The molecule has 0 unspecified atom stereocenters. The standard InChI is InChI=1S/C17H32N2/c1-7-9-18-11-17(12-19-10-8-2)15(5)13(3)14(4)16(17)6/h18-19H,7-12H2,1-6H3. The highest BCUT2D eigenvalue weighted by Crippen LogP contribution is 2.45. The van der Waals surface area contributed by atoms with Crippen LogP contribution in [0.15, 0.2) is 22.3 Å². The summed E-state index contributed by atoms with van der Waals surface area (Å²) in [6.45, 7) is 18.0. The maximum Gasteiger partial charge on any atom is 0.0376 e. The predicted molar refractivity (Wildman–Crippen MR) is 85.5 cm³/mol. The SMILES string of the molecule is CCCNCC1(CNCCC)C(C)=C(C)C(C)=C1C. The van der Waals surface area contributed by atoms with Gasteiger partial charge in [0.2, 0.25) is 0 Å². The lowest BCUT2D eigenvalue weighted by atomic mass is 9.77. The molecular weight excluding hydrogens is 232 g/mol. The molecule has 0 radical (unpaired) electrons. The molecule has 19 heavy (non-hydrogen) atoms. The summed E-state index contributed by atoms with van der Waals surface area (Å²) >= 11 is 0. The second-order valence-corrected chi connectivity index (χ2v) is 5.94. The average molecular weight is 264 g/mol. The summed E-state index contributed by atoms with van der Waals surface area (Å²) < 4.78 is 0. The molecule has 0 aromatic carbocycles. The quantitative estimate of drug-likeness (QED) is 0.654. The molecule has 0 amide bonds. The van der Waals surface area contributed by atoms with Gasteiger partial charge in [-0.3, -0.25) is 0 Å². The van der Waals surface area contributed by atoms with Crippen LogP contribution in [0.5, 0.6) is 0 Å². The molecule has 2 nitrogen and oxygen atoms in total. The molecule has 0 heterocycles. The van der Waals surface area contributed by atoms with Gasteiger partial charge >= 0.3 is 0 Å². The highest BCUT2D eigenvalue weighted by molar-refractivity contribution is 5.51. The van der Waals surface area contributed by atoms with Crippen molar-refractivity contribution >= 4 is 0 Å². The zero-order valence-corrected chi connectivity index (χ0v) is 13.7.